The lowest BCUT2D eigenvalue weighted by Crippen LogP contribution is -1.95. The van der Waals surface area contributed by atoms with Crippen molar-refractivity contribution in [3.63, 3.8) is 0 Å². The Morgan fingerprint density at radius 2 is 2.50 bits per heavy atom. The van der Waals surface area contributed by atoms with Gasteiger partial charge in [0.25, 0.3) is 0 Å². The molecule has 0 atom stereocenters. The maximum atomic E-state index is 11.1. The van der Waals surface area contributed by atoms with E-state index in [0.717, 1.165) is 4.88 Å². The molecule has 0 saturated carbocycles. The van der Waals surface area contributed by atoms with E-state index in [1.165, 1.54) is 11.3 Å². The van der Waals surface area contributed by atoms with Gasteiger partial charge in [-0.2, -0.15) is 0 Å². The van der Waals surface area contributed by atoms with Crippen molar-refractivity contribution in [1.29, 1.82) is 0 Å². The van der Waals surface area contributed by atoms with Crippen LogP contribution in [-0.4, -0.2) is 5.78 Å². The predicted molar refractivity (Wildman–Crippen MR) is 52.9 cm³/mol. The van der Waals surface area contributed by atoms with Gasteiger partial charge in [0.1, 0.15) is 0 Å². The summed E-state index contributed by atoms with van der Waals surface area (Å²) in [6.45, 7) is 1.83. The third kappa shape index (κ3) is 2.47. The first-order valence-corrected chi connectivity index (χ1v) is 4.87. The summed E-state index contributed by atoms with van der Waals surface area (Å²) in [6.07, 6.45) is 3.72. The standard InChI is InChI=1S/C9H9ClOS/c1-2-3-7(11)6-9-8(10)4-5-12-9/h2-5H,6H2,1H3/b3-2+. The Bertz CT molecular complexity index is 301. The lowest BCUT2D eigenvalue weighted by atomic mass is 10.2. The van der Waals surface area contributed by atoms with Crippen molar-refractivity contribution in [2.45, 2.75) is 13.3 Å². The van der Waals surface area contributed by atoms with Gasteiger partial charge in [-0.15, -0.1) is 11.3 Å². The number of halogens is 1. The van der Waals surface area contributed by atoms with E-state index in [4.69, 9.17) is 11.6 Å². The molecule has 0 fully saturated rings. The number of allylic oxidation sites excluding steroid dienone is 2. The fourth-order valence-corrected chi connectivity index (χ4v) is 1.97. The Morgan fingerprint density at radius 1 is 1.75 bits per heavy atom. The normalized spacial score (nSPS) is 10.8. The number of ketones is 1. The van der Waals surface area contributed by atoms with Crippen molar-refractivity contribution in [3.8, 4) is 0 Å². The zero-order valence-electron chi connectivity index (χ0n) is 6.71. The SMILES string of the molecule is C/C=C/C(=O)Cc1sccc1Cl. The topological polar surface area (TPSA) is 17.1 Å². The monoisotopic (exact) mass is 200 g/mol. The molecule has 0 aliphatic heterocycles. The second-order valence-corrected chi connectivity index (χ2v) is 3.74. The number of hydrogen-bond acceptors (Lipinski definition) is 2. The first-order valence-electron chi connectivity index (χ1n) is 3.61. The number of carbonyl (C=O) groups is 1. The van der Waals surface area contributed by atoms with E-state index < -0.39 is 0 Å². The average Bonchev–Trinajstić information content (AvgIpc) is 2.37. The molecular formula is C9H9ClOS. The van der Waals surface area contributed by atoms with Gasteiger partial charge in [0.15, 0.2) is 5.78 Å². The molecule has 1 nitrogen and oxygen atoms in total. The van der Waals surface area contributed by atoms with Crippen molar-refractivity contribution in [3.05, 3.63) is 33.5 Å². The van der Waals surface area contributed by atoms with Crippen LogP contribution in [0.5, 0.6) is 0 Å². The molecule has 0 aliphatic carbocycles. The second kappa shape index (κ2) is 4.43. The van der Waals surface area contributed by atoms with Crippen LogP contribution in [0.1, 0.15) is 11.8 Å². The quantitative estimate of drug-likeness (QED) is 0.686. The van der Waals surface area contributed by atoms with E-state index in [9.17, 15) is 4.79 Å². The molecule has 1 heterocycles. The lowest BCUT2D eigenvalue weighted by molar-refractivity contribution is -0.113. The summed E-state index contributed by atoms with van der Waals surface area (Å²) in [5, 5.41) is 2.58. The van der Waals surface area contributed by atoms with E-state index in [1.54, 1.807) is 12.2 Å². The molecule has 1 rings (SSSR count). The van der Waals surface area contributed by atoms with Crippen molar-refractivity contribution >= 4 is 28.7 Å². The van der Waals surface area contributed by atoms with Gasteiger partial charge in [0.05, 0.1) is 5.02 Å². The smallest absolute Gasteiger partial charge is 0.160 e. The van der Waals surface area contributed by atoms with Crippen molar-refractivity contribution in [2.75, 3.05) is 0 Å². The molecule has 0 bridgehead atoms. The predicted octanol–water partition coefficient (Wildman–Crippen LogP) is 3.09. The van der Waals surface area contributed by atoms with Gasteiger partial charge in [-0.1, -0.05) is 17.7 Å². The zero-order chi connectivity index (χ0) is 8.97. The maximum absolute atomic E-state index is 11.1. The summed E-state index contributed by atoms with van der Waals surface area (Å²) in [6, 6.07) is 1.81. The minimum absolute atomic E-state index is 0.0989. The Balaban J connectivity index is 2.64. The van der Waals surface area contributed by atoms with Crippen LogP contribution in [0.3, 0.4) is 0 Å². The summed E-state index contributed by atoms with van der Waals surface area (Å²) in [5.41, 5.74) is 0. The summed E-state index contributed by atoms with van der Waals surface area (Å²) in [7, 11) is 0. The summed E-state index contributed by atoms with van der Waals surface area (Å²) in [5.74, 6) is 0.0989. The minimum atomic E-state index is 0.0989. The highest BCUT2D eigenvalue weighted by Crippen LogP contribution is 2.22. The molecular weight excluding hydrogens is 192 g/mol. The fraction of sp³-hybridized carbons (Fsp3) is 0.222. The first kappa shape index (κ1) is 9.49. The van der Waals surface area contributed by atoms with Crippen LogP contribution in [0.4, 0.5) is 0 Å². The average molecular weight is 201 g/mol. The molecule has 0 saturated heterocycles. The third-order valence-electron chi connectivity index (χ3n) is 1.38. The molecule has 0 unspecified atom stereocenters. The van der Waals surface area contributed by atoms with Crippen LogP contribution in [-0.2, 0) is 11.2 Å². The minimum Gasteiger partial charge on any atom is -0.294 e. The molecule has 0 aliphatic rings. The summed E-state index contributed by atoms with van der Waals surface area (Å²) >= 11 is 7.34. The first-order chi connectivity index (χ1) is 5.74. The van der Waals surface area contributed by atoms with E-state index in [-0.39, 0.29) is 5.78 Å². The van der Waals surface area contributed by atoms with Gasteiger partial charge in [-0.25, -0.2) is 0 Å². The lowest BCUT2D eigenvalue weighted by Gasteiger charge is -1.92. The van der Waals surface area contributed by atoms with Gasteiger partial charge in [0.2, 0.25) is 0 Å². The molecule has 0 N–H and O–H groups in total. The van der Waals surface area contributed by atoms with Crippen LogP contribution < -0.4 is 0 Å². The molecule has 0 amide bonds. The highest BCUT2D eigenvalue weighted by atomic mass is 35.5. The van der Waals surface area contributed by atoms with Crippen molar-refractivity contribution in [2.24, 2.45) is 0 Å². The number of carbonyl (C=O) groups excluding carboxylic acids is 1. The third-order valence-corrected chi connectivity index (χ3v) is 2.77. The molecule has 1 aromatic rings. The van der Waals surface area contributed by atoms with E-state index in [2.05, 4.69) is 0 Å². The molecule has 3 heteroatoms. The van der Waals surface area contributed by atoms with Crippen LogP contribution in [0.2, 0.25) is 5.02 Å². The maximum Gasteiger partial charge on any atom is 0.160 e. The van der Waals surface area contributed by atoms with Gasteiger partial charge < -0.3 is 0 Å². The Labute approximate surface area is 80.7 Å². The van der Waals surface area contributed by atoms with Crippen LogP contribution in [0.15, 0.2) is 23.6 Å². The highest BCUT2D eigenvalue weighted by Gasteiger charge is 2.04. The number of hydrogen-bond donors (Lipinski definition) is 0. The van der Waals surface area contributed by atoms with Crippen LogP contribution in [0.25, 0.3) is 0 Å². The molecule has 64 valence electrons. The van der Waals surface area contributed by atoms with Crippen LogP contribution >= 0.6 is 22.9 Å². The Hall–Kier alpha value is -0.600. The Kier molecular flexibility index (Phi) is 3.50. The van der Waals surface area contributed by atoms with Gasteiger partial charge in [-0.3, -0.25) is 4.79 Å². The van der Waals surface area contributed by atoms with E-state index in [0.29, 0.717) is 11.4 Å². The number of thiophene rings is 1. The molecule has 12 heavy (non-hydrogen) atoms. The van der Waals surface area contributed by atoms with Crippen molar-refractivity contribution in [1.82, 2.24) is 0 Å². The summed E-state index contributed by atoms with van der Waals surface area (Å²) < 4.78 is 0. The van der Waals surface area contributed by atoms with Gasteiger partial charge in [0, 0.05) is 11.3 Å². The van der Waals surface area contributed by atoms with Gasteiger partial charge >= 0.3 is 0 Å². The van der Waals surface area contributed by atoms with Crippen molar-refractivity contribution < 1.29 is 4.79 Å². The summed E-state index contributed by atoms with van der Waals surface area (Å²) in [4.78, 5) is 12.1. The Morgan fingerprint density at radius 3 is 3.00 bits per heavy atom. The van der Waals surface area contributed by atoms with E-state index in [1.807, 2.05) is 18.4 Å². The zero-order valence-corrected chi connectivity index (χ0v) is 8.28. The van der Waals surface area contributed by atoms with E-state index >= 15 is 0 Å². The second-order valence-electron chi connectivity index (χ2n) is 2.33. The fourth-order valence-electron chi connectivity index (χ4n) is 0.854. The molecule has 0 aromatic carbocycles. The molecule has 0 radical (unpaired) electrons. The van der Waals surface area contributed by atoms with Crippen LogP contribution in [0, 0.1) is 0 Å². The largest absolute Gasteiger partial charge is 0.294 e. The molecule has 1 aromatic heterocycles. The molecule has 0 spiro atoms. The highest BCUT2D eigenvalue weighted by molar-refractivity contribution is 7.10. The van der Waals surface area contributed by atoms with Gasteiger partial charge in [-0.05, 0) is 24.4 Å². The number of rotatable bonds is 3.